The van der Waals surface area contributed by atoms with E-state index in [0.717, 1.165) is 128 Å². The van der Waals surface area contributed by atoms with E-state index in [-0.39, 0.29) is 0 Å². The summed E-state index contributed by atoms with van der Waals surface area (Å²) >= 11 is 0. The molecule has 0 atom stereocenters. The van der Waals surface area contributed by atoms with Gasteiger partial charge in [-0.05, 0) is 138 Å². The standard InChI is InChI=1S/2C45H29N5.C38H25N5/c1-4-15-30(16-5-1)32-19-14-20-33(27-32)44-46-43(31-17-6-2-7-18-31)47-45(48-44)50-40-26-13-11-24-36(40)38-28-37-35-23-10-12-25-39(35)49(41(37)29-42(38)50)34-21-8-3-9-22-34;1-4-15-30(16-5-1)43-46-44(31-17-6-2-7-18-31)48-45(47-43)32-19-14-22-34(27-32)50-40-26-13-11-24-36(40)38-28-37-35-23-10-12-25-39(35)49(41(37)29-42(38)50)33-20-8-3-9-21-33;1-4-12-26(13-5-1)29-20-22-32-31-18-10-11-19-33(31)43(34(32)24-29)35-23-21-30(25-39-35)38-41-36(27-14-6-2-7-15-27)40-37(42-38)28-16-8-3-9-17-28/h2*1-29H;1-25H. The highest BCUT2D eigenvalue weighted by molar-refractivity contribution is 6.21. The van der Waals surface area contributed by atoms with Crippen LogP contribution in [-0.4, -0.2) is 72.7 Å². The highest BCUT2D eigenvalue weighted by Crippen LogP contribution is 2.45. The lowest BCUT2D eigenvalue weighted by Crippen LogP contribution is -2.06. The van der Waals surface area contributed by atoms with Gasteiger partial charge in [0.25, 0.3) is 0 Å². The van der Waals surface area contributed by atoms with Crippen LogP contribution < -0.4 is 0 Å². The Kier molecular flexibility index (Phi) is 21.2. The fourth-order valence-electron chi connectivity index (χ4n) is 20.2. The minimum atomic E-state index is 0.576. The van der Waals surface area contributed by atoms with Gasteiger partial charge >= 0.3 is 0 Å². The lowest BCUT2D eigenvalue weighted by molar-refractivity contribution is 0.953. The Hall–Kier alpha value is -19.6. The Balaban J connectivity index is 0.000000110. The topological polar surface area (TPSA) is 154 Å². The van der Waals surface area contributed by atoms with Gasteiger partial charge in [0.2, 0.25) is 5.95 Å². The summed E-state index contributed by atoms with van der Waals surface area (Å²) in [6.07, 6.45) is 1.86. The largest absolute Gasteiger partial charge is 0.309 e. The summed E-state index contributed by atoms with van der Waals surface area (Å²) in [5.41, 5.74) is 26.5. The van der Waals surface area contributed by atoms with Crippen LogP contribution in [0.2, 0.25) is 0 Å². The van der Waals surface area contributed by atoms with Crippen molar-refractivity contribution in [3.05, 3.63) is 504 Å². The first-order chi connectivity index (χ1) is 70.9. The Bertz CT molecular complexity index is 9560. The van der Waals surface area contributed by atoms with Crippen molar-refractivity contribution in [3.63, 3.8) is 0 Å². The normalized spacial score (nSPS) is 11.5. The average Bonchev–Trinajstić information content (AvgIpc) is 1.56. The fraction of sp³-hybridized carbons (Fsp3) is 0. The van der Waals surface area contributed by atoms with Crippen LogP contribution in [0.25, 0.3) is 251 Å². The molecule has 0 saturated carbocycles. The maximum absolute atomic E-state index is 5.24. The Morgan fingerprint density at radius 3 is 0.769 bits per heavy atom. The fourth-order valence-corrected chi connectivity index (χ4v) is 20.2. The third-order valence-corrected chi connectivity index (χ3v) is 26.8. The quantitative estimate of drug-likeness (QED) is 0.0969. The van der Waals surface area contributed by atoms with Crippen molar-refractivity contribution in [2.45, 2.75) is 0 Å². The van der Waals surface area contributed by atoms with E-state index < -0.39 is 0 Å². The molecule has 0 fully saturated rings. The maximum Gasteiger partial charge on any atom is 0.238 e. The van der Waals surface area contributed by atoms with E-state index in [1.165, 1.54) is 70.8 Å². The van der Waals surface area contributed by atoms with E-state index in [4.69, 9.17) is 49.8 Å². The van der Waals surface area contributed by atoms with Crippen LogP contribution in [0.3, 0.4) is 0 Å². The van der Waals surface area contributed by atoms with Gasteiger partial charge in [0.1, 0.15) is 5.82 Å². The van der Waals surface area contributed by atoms with Crippen molar-refractivity contribution in [2.75, 3.05) is 0 Å². The van der Waals surface area contributed by atoms with Gasteiger partial charge in [-0.1, -0.05) is 382 Å². The first kappa shape index (κ1) is 83.9. The van der Waals surface area contributed by atoms with Gasteiger partial charge in [0, 0.05) is 122 Å². The molecule has 0 aliphatic rings. The zero-order valence-corrected chi connectivity index (χ0v) is 77.1. The summed E-state index contributed by atoms with van der Waals surface area (Å²) in [5, 5.41) is 12.0. The molecule has 15 nitrogen and oxygen atoms in total. The van der Waals surface area contributed by atoms with Crippen LogP contribution in [-0.2, 0) is 0 Å². The average molecular weight is 1830 g/mol. The molecule has 143 heavy (non-hydrogen) atoms. The Labute approximate surface area is 822 Å². The number of aromatic nitrogens is 15. The molecule has 0 aliphatic heterocycles. The molecule has 28 aromatic rings. The summed E-state index contributed by atoms with van der Waals surface area (Å²) in [5.74, 6) is 6.42. The molecular formula is C128H83N15. The highest BCUT2D eigenvalue weighted by atomic mass is 15.2. The number of para-hydroxylation sites is 7. The molecule has 28 rings (SSSR count). The summed E-state index contributed by atoms with van der Waals surface area (Å²) < 4.78 is 11.5. The zero-order valence-electron chi connectivity index (χ0n) is 77.1. The molecule has 0 N–H and O–H groups in total. The van der Waals surface area contributed by atoms with Crippen molar-refractivity contribution in [1.29, 1.82) is 0 Å². The van der Waals surface area contributed by atoms with Crippen LogP contribution in [0, 0.1) is 0 Å². The minimum Gasteiger partial charge on any atom is -0.309 e. The van der Waals surface area contributed by atoms with E-state index >= 15 is 0 Å². The molecule has 0 amide bonds. The number of nitrogens with zero attached hydrogens (tertiary/aromatic N) is 15. The molecule has 0 radical (unpaired) electrons. The van der Waals surface area contributed by atoms with E-state index in [1.54, 1.807) is 0 Å². The van der Waals surface area contributed by atoms with Gasteiger partial charge < -0.3 is 13.7 Å². The van der Waals surface area contributed by atoms with E-state index in [9.17, 15) is 0 Å². The lowest BCUT2D eigenvalue weighted by atomic mass is 10.0. The van der Waals surface area contributed by atoms with Crippen LogP contribution in [0.4, 0.5) is 0 Å². The number of fused-ring (bicyclic) bond motifs is 15. The van der Waals surface area contributed by atoms with Crippen molar-refractivity contribution in [3.8, 4) is 142 Å². The maximum atomic E-state index is 5.24. The number of hydrogen-bond donors (Lipinski definition) is 0. The molecule has 19 aromatic carbocycles. The van der Waals surface area contributed by atoms with Crippen LogP contribution >= 0.6 is 0 Å². The van der Waals surface area contributed by atoms with Crippen molar-refractivity contribution >= 4 is 109 Å². The highest BCUT2D eigenvalue weighted by Gasteiger charge is 2.26. The molecule has 0 bridgehead atoms. The lowest BCUT2D eigenvalue weighted by Gasteiger charge is -2.12. The van der Waals surface area contributed by atoms with Gasteiger partial charge in [-0.3, -0.25) is 9.13 Å². The van der Waals surface area contributed by atoms with Crippen molar-refractivity contribution < 1.29 is 0 Å². The summed E-state index contributed by atoms with van der Waals surface area (Å²) in [6, 6.07) is 173. The molecular weight excluding hydrogens is 1750 g/mol. The number of pyridine rings is 1. The Morgan fingerprint density at radius 1 is 0.126 bits per heavy atom. The smallest absolute Gasteiger partial charge is 0.238 e. The van der Waals surface area contributed by atoms with Crippen LogP contribution in [0.1, 0.15) is 0 Å². The zero-order chi connectivity index (χ0) is 94.6. The number of benzene rings is 19. The molecule has 15 heteroatoms. The molecule has 9 heterocycles. The van der Waals surface area contributed by atoms with Gasteiger partial charge in [-0.25, -0.2) is 39.9 Å². The first-order valence-corrected chi connectivity index (χ1v) is 47.8. The molecule has 0 unspecified atom stereocenters. The molecule has 670 valence electrons. The van der Waals surface area contributed by atoms with Crippen LogP contribution in [0.5, 0.6) is 0 Å². The SMILES string of the molecule is c1ccc(-c2ccc3c4ccccc4n(-c4ccc(-c5nc(-c6ccccc6)nc(-c6ccccc6)n5)cn4)c3c2)cc1.c1ccc(-c2cccc(-c3nc(-c4ccccc4)nc(-n4c5ccccc5c5cc6c7ccccc7n(-c7ccccc7)c6cc54)n3)c2)cc1.c1ccc(-c2nc(-c3ccccc3)nc(-c3cccc(-n4c5ccccc5c5cc6c7ccccc7n(-c7ccccc7)c6cc54)c3)n2)cc1. The molecule has 0 spiro atoms. The second kappa shape index (κ2) is 36.1. The second-order valence-corrected chi connectivity index (χ2v) is 35.4. The van der Waals surface area contributed by atoms with Crippen LogP contribution in [0.15, 0.2) is 504 Å². The second-order valence-electron chi connectivity index (χ2n) is 35.4. The third kappa shape index (κ3) is 15.5. The Morgan fingerprint density at radius 2 is 0.378 bits per heavy atom. The van der Waals surface area contributed by atoms with E-state index in [2.05, 4.69) is 356 Å². The third-order valence-electron chi connectivity index (χ3n) is 26.8. The van der Waals surface area contributed by atoms with Gasteiger partial charge in [0.05, 0.1) is 55.2 Å². The number of hydrogen-bond acceptors (Lipinski definition) is 10. The summed E-state index contributed by atoms with van der Waals surface area (Å²) in [7, 11) is 0. The number of rotatable bonds is 15. The van der Waals surface area contributed by atoms with Gasteiger partial charge in [-0.15, -0.1) is 0 Å². The summed E-state index contributed by atoms with van der Waals surface area (Å²) in [4.78, 5) is 50.0. The molecule has 0 saturated heterocycles. The van der Waals surface area contributed by atoms with E-state index in [1.807, 2.05) is 170 Å². The monoisotopic (exact) mass is 1830 g/mol. The minimum absolute atomic E-state index is 0.576. The predicted octanol–water partition coefficient (Wildman–Crippen LogP) is 31.2. The van der Waals surface area contributed by atoms with Gasteiger partial charge in [-0.2, -0.15) is 9.97 Å². The molecule has 9 aromatic heterocycles. The van der Waals surface area contributed by atoms with Gasteiger partial charge in [0.15, 0.2) is 46.6 Å². The van der Waals surface area contributed by atoms with E-state index in [0.29, 0.717) is 52.5 Å². The molecule has 0 aliphatic carbocycles. The first-order valence-electron chi connectivity index (χ1n) is 47.8. The van der Waals surface area contributed by atoms with Crippen molar-refractivity contribution in [1.82, 2.24) is 72.7 Å². The predicted molar refractivity (Wildman–Crippen MR) is 583 cm³/mol. The van der Waals surface area contributed by atoms with Crippen molar-refractivity contribution in [2.24, 2.45) is 0 Å². The summed E-state index contributed by atoms with van der Waals surface area (Å²) in [6.45, 7) is 0.